The summed E-state index contributed by atoms with van der Waals surface area (Å²) in [6.45, 7) is 5.67. The van der Waals surface area contributed by atoms with E-state index in [2.05, 4.69) is 18.7 Å². The molecule has 0 saturated carbocycles. The Kier molecular flexibility index (Phi) is 3.99. The van der Waals surface area contributed by atoms with Crippen LogP contribution in [0, 0.1) is 5.92 Å². The topological polar surface area (TPSA) is 86.3 Å². The molecule has 1 fully saturated rings. The first-order chi connectivity index (χ1) is 8.98. The van der Waals surface area contributed by atoms with E-state index < -0.39 is 5.60 Å². The lowest BCUT2D eigenvalue weighted by molar-refractivity contribution is -0.824. The van der Waals surface area contributed by atoms with E-state index in [4.69, 9.17) is 5.73 Å². The molecule has 2 rings (SSSR count). The molecule has 0 aliphatic carbocycles. The molecular weight excluding hydrogens is 242 g/mol. The van der Waals surface area contributed by atoms with Crippen molar-refractivity contribution in [3.8, 4) is 0 Å². The Morgan fingerprint density at radius 1 is 1.32 bits per heavy atom. The maximum absolute atomic E-state index is 10.5. The van der Waals surface area contributed by atoms with Crippen molar-refractivity contribution in [1.82, 2.24) is 0 Å². The highest BCUT2D eigenvalue weighted by Gasteiger charge is 2.36. The van der Waals surface area contributed by atoms with Crippen LogP contribution in [0.3, 0.4) is 0 Å². The molecule has 6 N–H and O–H groups in total. The van der Waals surface area contributed by atoms with Crippen LogP contribution in [0.5, 0.6) is 0 Å². The maximum atomic E-state index is 10.5. The van der Waals surface area contributed by atoms with Crippen LogP contribution in [0.2, 0.25) is 0 Å². The van der Waals surface area contributed by atoms with Crippen molar-refractivity contribution in [2.24, 2.45) is 5.92 Å². The van der Waals surface area contributed by atoms with Crippen LogP contribution in [-0.2, 0) is 0 Å². The third-order valence-electron chi connectivity index (χ3n) is 4.29. The molecule has 5 nitrogen and oxygen atoms in total. The number of para-hydroxylation sites is 1. The average molecular weight is 266 g/mol. The molecule has 1 saturated heterocycles. The second-order valence-corrected chi connectivity index (χ2v) is 5.65. The van der Waals surface area contributed by atoms with Gasteiger partial charge in [-0.3, -0.25) is 0 Å². The number of anilines is 2. The second-order valence-electron chi connectivity index (χ2n) is 5.65. The summed E-state index contributed by atoms with van der Waals surface area (Å²) in [5.74, 6) is 0.263. The number of quaternary nitrogens is 1. The van der Waals surface area contributed by atoms with Gasteiger partial charge in [0.05, 0.1) is 11.3 Å². The van der Waals surface area contributed by atoms with Gasteiger partial charge in [0.25, 0.3) is 0 Å². The van der Waals surface area contributed by atoms with Gasteiger partial charge in [-0.25, -0.2) is 5.21 Å². The fourth-order valence-electron chi connectivity index (χ4n) is 2.70. The zero-order valence-electron chi connectivity index (χ0n) is 11.6. The maximum Gasteiger partial charge on any atom is 0.208 e. The van der Waals surface area contributed by atoms with E-state index in [0.29, 0.717) is 11.4 Å². The number of hydrogen-bond acceptors (Lipinski definition) is 4. The summed E-state index contributed by atoms with van der Waals surface area (Å²) in [6, 6.07) is 5.62. The lowest BCUT2D eigenvalue weighted by Crippen LogP contribution is -2.74. The molecule has 1 aliphatic heterocycles. The Morgan fingerprint density at radius 2 is 1.95 bits per heavy atom. The Labute approximate surface area is 114 Å². The number of piperidine rings is 1. The van der Waals surface area contributed by atoms with Gasteiger partial charge in [-0.15, -0.1) is 0 Å². The van der Waals surface area contributed by atoms with E-state index in [1.807, 2.05) is 12.1 Å². The molecule has 0 amide bonds. The molecule has 1 aliphatic rings. The fraction of sp³-hybridized carbons (Fsp3) is 0.571. The van der Waals surface area contributed by atoms with Crippen LogP contribution in [0.4, 0.5) is 17.1 Å². The van der Waals surface area contributed by atoms with Crippen LogP contribution in [0.15, 0.2) is 18.2 Å². The Morgan fingerprint density at radius 3 is 2.47 bits per heavy atom. The highest BCUT2D eigenvalue weighted by atomic mass is 16.5. The number of aliphatic hydroxyl groups is 1. The van der Waals surface area contributed by atoms with Crippen LogP contribution in [0.1, 0.15) is 26.7 Å². The summed E-state index contributed by atoms with van der Waals surface area (Å²) >= 11 is 0. The van der Waals surface area contributed by atoms with Gasteiger partial charge < -0.3 is 15.7 Å². The number of hydrogen-bond donors (Lipinski definition) is 4. The smallest absolute Gasteiger partial charge is 0.208 e. The van der Waals surface area contributed by atoms with Gasteiger partial charge in [0.1, 0.15) is 5.69 Å². The number of nitrogens with two attached hydrogens (primary N) is 2. The van der Waals surface area contributed by atoms with Crippen molar-refractivity contribution in [3.63, 3.8) is 0 Å². The number of nitrogens with zero attached hydrogens (tertiary/aromatic N) is 1. The lowest BCUT2D eigenvalue weighted by atomic mass is 9.81. The SMILES string of the molecule is CC(C)C1(O)CCN(c2cccc(N)c2[NH2+]O)CC1. The summed E-state index contributed by atoms with van der Waals surface area (Å²) in [6.07, 6.45) is 1.48. The van der Waals surface area contributed by atoms with E-state index in [1.165, 1.54) is 0 Å². The van der Waals surface area contributed by atoms with E-state index in [-0.39, 0.29) is 5.92 Å². The molecule has 0 bridgehead atoms. The van der Waals surface area contributed by atoms with E-state index in [9.17, 15) is 10.3 Å². The number of nitrogen functional groups attached to an aromatic ring is 1. The third kappa shape index (κ3) is 2.68. The zero-order chi connectivity index (χ0) is 14.0. The number of rotatable bonds is 3. The van der Waals surface area contributed by atoms with E-state index >= 15 is 0 Å². The summed E-state index contributed by atoms with van der Waals surface area (Å²) < 4.78 is 0. The first-order valence-electron chi connectivity index (χ1n) is 6.81. The summed E-state index contributed by atoms with van der Waals surface area (Å²) in [5, 5.41) is 19.8. The lowest BCUT2D eigenvalue weighted by Gasteiger charge is -2.41. The predicted molar refractivity (Wildman–Crippen MR) is 75.5 cm³/mol. The normalized spacial score (nSPS) is 18.9. The first-order valence-corrected chi connectivity index (χ1v) is 6.81. The zero-order valence-corrected chi connectivity index (χ0v) is 11.6. The van der Waals surface area contributed by atoms with Gasteiger partial charge in [0.15, 0.2) is 0 Å². The minimum absolute atomic E-state index is 0.263. The van der Waals surface area contributed by atoms with E-state index in [0.717, 1.165) is 37.1 Å². The van der Waals surface area contributed by atoms with Crippen molar-refractivity contribution in [2.75, 3.05) is 23.7 Å². The van der Waals surface area contributed by atoms with Gasteiger partial charge >= 0.3 is 0 Å². The first kappa shape index (κ1) is 14.1. The van der Waals surface area contributed by atoms with Gasteiger partial charge in [-0.1, -0.05) is 19.9 Å². The summed E-state index contributed by atoms with van der Waals surface area (Å²) in [5.41, 5.74) is 8.54. The van der Waals surface area contributed by atoms with Crippen molar-refractivity contribution in [2.45, 2.75) is 32.3 Å². The molecule has 1 heterocycles. The summed E-state index contributed by atoms with van der Waals surface area (Å²) in [7, 11) is 0. The standard InChI is InChI=1S/C14H23N3O2/c1-10(2)14(18)6-8-17(9-7-14)12-5-3-4-11(15)13(12)16-19/h3-5,10,16,18-19H,6-9,15H2,1-2H3/p+1. The van der Waals surface area contributed by atoms with E-state index in [1.54, 1.807) is 6.07 Å². The third-order valence-corrected chi connectivity index (χ3v) is 4.29. The van der Waals surface area contributed by atoms with Crippen LogP contribution < -0.4 is 16.1 Å². The Hall–Kier alpha value is -1.30. The molecule has 5 heteroatoms. The van der Waals surface area contributed by atoms with Crippen molar-refractivity contribution >= 4 is 17.1 Å². The molecule has 0 unspecified atom stereocenters. The Balaban J connectivity index is 2.16. The molecular formula is C14H24N3O2+. The van der Waals surface area contributed by atoms with Crippen LogP contribution >= 0.6 is 0 Å². The highest BCUT2D eigenvalue weighted by Crippen LogP contribution is 2.34. The Bertz CT molecular complexity index is 440. The highest BCUT2D eigenvalue weighted by molar-refractivity contribution is 5.74. The molecule has 0 spiro atoms. The minimum Gasteiger partial charge on any atom is -0.394 e. The number of benzene rings is 1. The molecule has 0 radical (unpaired) electrons. The molecule has 1 aromatic carbocycles. The molecule has 1 aromatic rings. The molecule has 19 heavy (non-hydrogen) atoms. The van der Waals surface area contributed by atoms with Crippen molar-refractivity contribution in [3.05, 3.63) is 18.2 Å². The summed E-state index contributed by atoms with van der Waals surface area (Å²) in [4.78, 5) is 2.18. The molecule has 106 valence electrons. The molecule has 0 aromatic heterocycles. The van der Waals surface area contributed by atoms with Crippen LogP contribution in [0.25, 0.3) is 0 Å². The van der Waals surface area contributed by atoms with Gasteiger partial charge in [-0.05, 0) is 30.9 Å². The van der Waals surface area contributed by atoms with Gasteiger partial charge in [0.2, 0.25) is 5.69 Å². The van der Waals surface area contributed by atoms with Gasteiger partial charge in [-0.2, -0.15) is 5.48 Å². The van der Waals surface area contributed by atoms with Crippen molar-refractivity contribution in [1.29, 1.82) is 0 Å². The monoisotopic (exact) mass is 266 g/mol. The second kappa shape index (κ2) is 5.36. The quantitative estimate of drug-likeness (QED) is 0.482. The fourth-order valence-corrected chi connectivity index (χ4v) is 2.70. The largest absolute Gasteiger partial charge is 0.394 e. The van der Waals surface area contributed by atoms with Crippen molar-refractivity contribution < 1.29 is 15.8 Å². The predicted octanol–water partition coefficient (Wildman–Crippen LogP) is 0.840. The molecule has 0 atom stereocenters. The minimum atomic E-state index is -0.570. The van der Waals surface area contributed by atoms with Gasteiger partial charge in [0, 0.05) is 13.1 Å². The average Bonchev–Trinajstić information content (AvgIpc) is 2.39. The van der Waals surface area contributed by atoms with Crippen LogP contribution in [-0.4, -0.2) is 29.0 Å².